The summed E-state index contributed by atoms with van der Waals surface area (Å²) in [5, 5.41) is 3.63. The van der Waals surface area contributed by atoms with Gasteiger partial charge in [0.05, 0.1) is 0 Å². The lowest BCUT2D eigenvalue weighted by molar-refractivity contribution is 0.0945. The van der Waals surface area contributed by atoms with Crippen LogP contribution in [0.3, 0.4) is 0 Å². The molecule has 2 unspecified atom stereocenters. The van der Waals surface area contributed by atoms with Gasteiger partial charge in [0.15, 0.2) is 0 Å². The first-order chi connectivity index (χ1) is 5.87. The minimum absolute atomic E-state index is 0.732. The van der Waals surface area contributed by atoms with Crippen molar-refractivity contribution in [2.45, 2.75) is 25.7 Å². The molecule has 1 N–H and O–H groups in total. The Hall–Kier alpha value is 0.310. The summed E-state index contributed by atoms with van der Waals surface area (Å²) in [7, 11) is 0. The minimum Gasteiger partial charge on any atom is -0.316 e. The van der Waals surface area contributed by atoms with Gasteiger partial charge in [0.2, 0.25) is 0 Å². The smallest absolute Gasteiger partial charge is 0.00221 e. The van der Waals surface area contributed by atoms with Crippen LogP contribution in [0.15, 0.2) is 0 Å². The molecule has 0 spiro atoms. The summed E-state index contributed by atoms with van der Waals surface area (Å²) < 4.78 is 0. The molecule has 1 nitrogen and oxygen atoms in total. The maximum atomic E-state index is 3.63. The number of hydrogen-bond donors (Lipinski definition) is 1. The molecule has 3 fully saturated rings. The normalized spacial score (nSPS) is 52.0. The molecule has 0 aromatic carbocycles. The predicted octanol–water partition coefficient (Wildman–Crippen LogP) is 1.88. The molecule has 0 aromatic heterocycles. The second kappa shape index (κ2) is 2.42. The Morgan fingerprint density at radius 3 is 2.08 bits per heavy atom. The zero-order valence-electron chi connectivity index (χ0n) is 7.57. The Balaban J connectivity index is 2.00. The van der Waals surface area contributed by atoms with Gasteiger partial charge >= 0.3 is 0 Å². The van der Waals surface area contributed by atoms with E-state index in [-0.39, 0.29) is 0 Å². The number of rotatable bonds is 0. The van der Waals surface area contributed by atoms with E-state index < -0.39 is 0 Å². The Morgan fingerprint density at radius 2 is 1.50 bits per heavy atom. The lowest BCUT2D eigenvalue weighted by Crippen LogP contribution is -2.42. The van der Waals surface area contributed by atoms with Crippen LogP contribution in [0.5, 0.6) is 0 Å². The van der Waals surface area contributed by atoms with Crippen molar-refractivity contribution < 1.29 is 0 Å². The molecule has 0 aromatic rings. The monoisotopic (exact) mass is 183 g/mol. The zero-order chi connectivity index (χ0) is 8.07. The second-order valence-corrected chi connectivity index (χ2v) is 5.85. The standard InChI is InChI=1S/C10H17NS/c1-2-4-10-6-11-5-9(10,3-1)7-12-8-10/h11H,1-8H2. The maximum Gasteiger partial charge on any atom is 0.00221 e. The number of hydrogen-bond acceptors (Lipinski definition) is 2. The van der Waals surface area contributed by atoms with Crippen molar-refractivity contribution in [3.05, 3.63) is 0 Å². The third-order valence-electron chi connectivity index (χ3n) is 4.37. The summed E-state index contributed by atoms with van der Waals surface area (Å²) in [6, 6.07) is 0. The van der Waals surface area contributed by atoms with E-state index in [2.05, 4.69) is 17.1 Å². The van der Waals surface area contributed by atoms with Crippen LogP contribution in [0.4, 0.5) is 0 Å². The molecule has 1 saturated carbocycles. The van der Waals surface area contributed by atoms with Crippen LogP contribution < -0.4 is 5.32 Å². The van der Waals surface area contributed by atoms with Gasteiger partial charge in [-0.2, -0.15) is 11.8 Å². The van der Waals surface area contributed by atoms with E-state index in [0.717, 1.165) is 10.8 Å². The first-order valence-corrected chi connectivity index (χ1v) is 6.31. The molecule has 1 aliphatic carbocycles. The minimum atomic E-state index is 0.732. The Morgan fingerprint density at radius 1 is 0.917 bits per heavy atom. The van der Waals surface area contributed by atoms with Gasteiger partial charge in [0.25, 0.3) is 0 Å². The first kappa shape index (κ1) is 7.69. The molecule has 2 saturated heterocycles. The highest BCUT2D eigenvalue weighted by Crippen LogP contribution is 2.60. The van der Waals surface area contributed by atoms with Gasteiger partial charge < -0.3 is 5.32 Å². The van der Waals surface area contributed by atoms with E-state index in [4.69, 9.17) is 0 Å². The molecule has 3 rings (SSSR count). The largest absolute Gasteiger partial charge is 0.316 e. The second-order valence-electron chi connectivity index (χ2n) is 4.86. The van der Waals surface area contributed by atoms with Crippen LogP contribution in [0.1, 0.15) is 25.7 Å². The van der Waals surface area contributed by atoms with Crippen LogP contribution in [0.2, 0.25) is 0 Å². The average molecular weight is 183 g/mol. The Kier molecular flexibility index (Phi) is 1.55. The van der Waals surface area contributed by atoms with Crippen molar-refractivity contribution >= 4 is 11.8 Å². The topological polar surface area (TPSA) is 12.0 Å². The molecule has 3 aliphatic rings. The molecule has 0 bridgehead atoms. The molecule has 2 heterocycles. The summed E-state index contributed by atoms with van der Waals surface area (Å²) in [5.41, 5.74) is 1.46. The van der Waals surface area contributed by atoms with E-state index in [1.165, 1.54) is 50.3 Å². The van der Waals surface area contributed by atoms with Crippen LogP contribution in [0.25, 0.3) is 0 Å². The summed E-state index contributed by atoms with van der Waals surface area (Å²) in [4.78, 5) is 0. The van der Waals surface area contributed by atoms with Crippen molar-refractivity contribution in [1.29, 1.82) is 0 Å². The Labute approximate surface area is 78.7 Å². The van der Waals surface area contributed by atoms with E-state index in [0.29, 0.717) is 0 Å². The average Bonchev–Trinajstić information content (AvgIpc) is 2.57. The van der Waals surface area contributed by atoms with E-state index in [1.54, 1.807) is 0 Å². The first-order valence-electron chi connectivity index (χ1n) is 5.16. The third kappa shape index (κ3) is 0.759. The summed E-state index contributed by atoms with van der Waals surface area (Å²) in [5.74, 6) is 2.89. The fourth-order valence-corrected chi connectivity index (χ4v) is 5.53. The highest BCUT2D eigenvalue weighted by molar-refractivity contribution is 7.99. The lowest BCUT2D eigenvalue weighted by atomic mass is 9.60. The molecular weight excluding hydrogens is 166 g/mol. The van der Waals surface area contributed by atoms with E-state index in [9.17, 15) is 0 Å². The summed E-state index contributed by atoms with van der Waals surface area (Å²) >= 11 is 2.21. The van der Waals surface area contributed by atoms with Crippen LogP contribution in [-0.2, 0) is 0 Å². The molecule has 68 valence electrons. The summed E-state index contributed by atoms with van der Waals surface area (Å²) in [6.07, 6.45) is 5.99. The van der Waals surface area contributed by atoms with E-state index >= 15 is 0 Å². The van der Waals surface area contributed by atoms with Crippen LogP contribution >= 0.6 is 11.8 Å². The predicted molar refractivity (Wildman–Crippen MR) is 53.5 cm³/mol. The number of nitrogens with one attached hydrogen (secondary N) is 1. The van der Waals surface area contributed by atoms with Crippen molar-refractivity contribution in [2.24, 2.45) is 10.8 Å². The zero-order valence-corrected chi connectivity index (χ0v) is 8.38. The number of thioether (sulfide) groups is 1. The third-order valence-corrected chi connectivity index (χ3v) is 5.88. The highest BCUT2D eigenvalue weighted by atomic mass is 32.2. The van der Waals surface area contributed by atoms with Crippen molar-refractivity contribution in [1.82, 2.24) is 5.32 Å². The van der Waals surface area contributed by atoms with E-state index in [1.807, 2.05) is 0 Å². The van der Waals surface area contributed by atoms with Gasteiger partial charge in [-0.25, -0.2) is 0 Å². The molecule has 0 amide bonds. The summed E-state index contributed by atoms with van der Waals surface area (Å²) in [6.45, 7) is 2.64. The van der Waals surface area contributed by atoms with Gasteiger partial charge in [0.1, 0.15) is 0 Å². The maximum absolute atomic E-state index is 3.63. The molecule has 2 heteroatoms. The van der Waals surface area contributed by atoms with Crippen molar-refractivity contribution in [3.8, 4) is 0 Å². The van der Waals surface area contributed by atoms with Gasteiger partial charge in [0, 0.05) is 24.6 Å². The van der Waals surface area contributed by atoms with Gasteiger partial charge in [-0.1, -0.05) is 12.8 Å². The van der Waals surface area contributed by atoms with Gasteiger partial charge in [-0.3, -0.25) is 0 Å². The quantitative estimate of drug-likeness (QED) is 0.615. The van der Waals surface area contributed by atoms with Crippen LogP contribution in [0, 0.1) is 10.8 Å². The SMILES string of the molecule is C1CCC23CNCC2(C1)CSC3. The molecular formula is C10H17NS. The molecule has 0 radical (unpaired) electrons. The molecule has 2 atom stereocenters. The lowest BCUT2D eigenvalue weighted by Gasteiger charge is -2.43. The van der Waals surface area contributed by atoms with Crippen molar-refractivity contribution in [3.63, 3.8) is 0 Å². The highest BCUT2D eigenvalue weighted by Gasteiger charge is 2.58. The van der Waals surface area contributed by atoms with Crippen molar-refractivity contribution in [2.75, 3.05) is 24.6 Å². The Bertz CT molecular complexity index is 172. The van der Waals surface area contributed by atoms with Gasteiger partial charge in [-0.05, 0) is 23.7 Å². The fourth-order valence-electron chi connectivity index (χ4n) is 3.54. The van der Waals surface area contributed by atoms with Crippen LogP contribution in [-0.4, -0.2) is 24.6 Å². The molecule has 12 heavy (non-hydrogen) atoms. The van der Waals surface area contributed by atoms with Gasteiger partial charge in [-0.15, -0.1) is 0 Å². The fraction of sp³-hybridized carbons (Fsp3) is 1.00. The molecule has 2 aliphatic heterocycles.